The summed E-state index contributed by atoms with van der Waals surface area (Å²) in [4.78, 5) is 25.0. The summed E-state index contributed by atoms with van der Waals surface area (Å²) in [5.74, 6) is -0.713. The van der Waals surface area contributed by atoms with Crippen molar-refractivity contribution in [2.75, 3.05) is 11.9 Å². The number of hydrogen-bond donors (Lipinski definition) is 2. The molecule has 0 spiro atoms. The van der Waals surface area contributed by atoms with E-state index < -0.39 is 35.1 Å². The molecule has 1 saturated heterocycles. The first-order valence-electron chi connectivity index (χ1n) is 8.11. The first-order chi connectivity index (χ1) is 11.9. The molecule has 2 unspecified atom stereocenters. The Morgan fingerprint density at radius 2 is 1.92 bits per heavy atom. The molecule has 1 aliphatic heterocycles. The second-order valence-electron chi connectivity index (χ2n) is 6.47. The van der Waals surface area contributed by atoms with Crippen molar-refractivity contribution in [3.63, 3.8) is 0 Å². The third-order valence-electron chi connectivity index (χ3n) is 4.80. The Bertz CT molecular complexity index is 705. The second kappa shape index (κ2) is 6.79. The van der Waals surface area contributed by atoms with E-state index in [1.54, 1.807) is 13.8 Å². The smallest absolute Gasteiger partial charge is 0.418 e. The molecule has 0 bridgehead atoms. The number of rotatable bonds is 5. The van der Waals surface area contributed by atoms with Gasteiger partial charge < -0.3 is 15.2 Å². The highest BCUT2D eigenvalue weighted by molar-refractivity contribution is 5.92. The summed E-state index contributed by atoms with van der Waals surface area (Å²) in [6.07, 6.45) is -5.32. The molecule has 1 aliphatic rings. The molecule has 2 N–H and O–H groups in total. The van der Waals surface area contributed by atoms with Gasteiger partial charge in [-0.05, 0) is 32.4 Å². The summed E-state index contributed by atoms with van der Waals surface area (Å²) in [5, 5.41) is 12.8. The third kappa shape index (κ3) is 3.62. The first-order valence-corrected chi connectivity index (χ1v) is 8.11. The number of ether oxygens (including phenoxy) is 1. The number of carbonyl (C=O) groups excluding carboxylic acids is 2. The van der Waals surface area contributed by atoms with Crippen LogP contribution in [0.2, 0.25) is 0 Å². The van der Waals surface area contributed by atoms with Gasteiger partial charge in [0.05, 0.1) is 11.3 Å². The van der Waals surface area contributed by atoms with Gasteiger partial charge >= 0.3 is 12.3 Å². The Hall–Kier alpha value is -2.29. The van der Waals surface area contributed by atoms with Gasteiger partial charge in [0.2, 0.25) is 5.91 Å². The van der Waals surface area contributed by atoms with Gasteiger partial charge in [-0.25, -0.2) is 4.79 Å². The molecule has 1 heterocycles. The molecule has 6 nitrogen and oxygen atoms in total. The average Bonchev–Trinajstić information content (AvgIpc) is 2.70. The van der Waals surface area contributed by atoms with Gasteiger partial charge in [0.1, 0.15) is 0 Å². The van der Waals surface area contributed by atoms with Gasteiger partial charge in [0, 0.05) is 13.0 Å². The monoisotopic (exact) mass is 374 g/mol. The number of halogens is 3. The SMILES string of the molecule is CCC1(C)OC(=O)N(CCC(=O)Nc2ccccc2C(F)(F)F)C1(C)O. The molecule has 1 aromatic rings. The van der Waals surface area contributed by atoms with Gasteiger partial charge in [-0.2, -0.15) is 13.2 Å². The van der Waals surface area contributed by atoms with Gasteiger partial charge in [-0.1, -0.05) is 19.1 Å². The van der Waals surface area contributed by atoms with Crippen molar-refractivity contribution in [1.82, 2.24) is 4.90 Å². The number of aliphatic hydroxyl groups is 1. The van der Waals surface area contributed by atoms with Crippen LogP contribution in [0.3, 0.4) is 0 Å². The number of cyclic esters (lactones) is 1. The van der Waals surface area contributed by atoms with Crippen LogP contribution >= 0.6 is 0 Å². The van der Waals surface area contributed by atoms with E-state index in [0.29, 0.717) is 6.42 Å². The van der Waals surface area contributed by atoms with E-state index >= 15 is 0 Å². The lowest BCUT2D eigenvalue weighted by Gasteiger charge is -2.36. The summed E-state index contributed by atoms with van der Waals surface area (Å²) < 4.78 is 44.1. The molecule has 0 aromatic heterocycles. The number of para-hydroxylation sites is 1. The Labute approximate surface area is 148 Å². The molecule has 2 amide bonds. The molecule has 0 aliphatic carbocycles. The van der Waals surface area contributed by atoms with Crippen molar-refractivity contribution in [1.29, 1.82) is 0 Å². The molecule has 26 heavy (non-hydrogen) atoms. The maximum absolute atomic E-state index is 13.0. The minimum atomic E-state index is -4.60. The van der Waals surface area contributed by atoms with Gasteiger partial charge in [0.15, 0.2) is 11.3 Å². The van der Waals surface area contributed by atoms with Gasteiger partial charge in [-0.15, -0.1) is 0 Å². The Balaban J connectivity index is 2.06. The summed E-state index contributed by atoms with van der Waals surface area (Å²) in [6, 6.07) is 4.61. The number of carbonyl (C=O) groups is 2. The highest BCUT2D eigenvalue weighted by Gasteiger charge is 2.58. The minimum Gasteiger partial charge on any atom is -0.438 e. The van der Waals surface area contributed by atoms with Crippen LogP contribution in [0.25, 0.3) is 0 Å². The average molecular weight is 374 g/mol. The van der Waals surface area contributed by atoms with Crippen LogP contribution in [0.4, 0.5) is 23.7 Å². The first kappa shape index (κ1) is 20.0. The van der Waals surface area contributed by atoms with E-state index in [1.165, 1.54) is 19.1 Å². The van der Waals surface area contributed by atoms with Crippen molar-refractivity contribution in [2.45, 2.75) is 51.1 Å². The van der Waals surface area contributed by atoms with E-state index in [1.807, 2.05) is 0 Å². The lowest BCUT2D eigenvalue weighted by atomic mass is 9.91. The van der Waals surface area contributed by atoms with Crippen molar-refractivity contribution in [3.05, 3.63) is 29.8 Å². The predicted octanol–water partition coefficient (Wildman–Crippen LogP) is 3.36. The van der Waals surface area contributed by atoms with Crippen LogP contribution in [0.15, 0.2) is 24.3 Å². The number of nitrogens with zero attached hydrogens (tertiary/aromatic N) is 1. The molecule has 0 radical (unpaired) electrons. The summed E-state index contributed by atoms with van der Waals surface area (Å²) in [5.41, 5.74) is -4.09. The molecule has 1 aromatic carbocycles. The van der Waals surface area contributed by atoms with Crippen LogP contribution in [0.5, 0.6) is 0 Å². The summed E-state index contributed by atoms with van der Waals surface area (Å²) in [6.45, 7) is 4.52. The molecule has 2 atom stereocenters. The van der Waals surface area contributed by atoms with E-state index in [0.717, 1.165) is 17.0 Å². The Morgan fingerprint density at radius 1 is 1.31 bits per heavy atom. The van der Waals surface area contributed by atoms with Crippen molar-refractivity contribution >= 4 is 17.7 Å². The van der Waals surface area contributed by atoms with Crippen LogP contribution in [-0.4, -0.2) is 39.9 Å². The Kier molecular flexibility index (Phi) is 5.23. The van der Waals surface area contributed by atoms with E-state index in [2.05, 4.69) is 5.32 Å². The lowest BCUT2D eigenvalue weighted by Crippen LogP contribution is -2.55. The molecule has 1 fully saturated rings. The zero-order valence-corrected chi connectivity index (χ0v) is 14.7. The molecular weight excluding hydrogens is 353 g/mol. The number of hydrogen-bond acceptors (Lipinski definition) is 4. The molecule has 2 rings (SSSR count). The number of benzene rings is 1. The zero-order chi connectivity index (χ0) is 19.8. The van der Waals surface area contributed by atoms with E-state index in [-0.39, 0.29) is 18.7 Å². The zero-order valence-electron chi connectivity index (χ0n) is 14.7. The number of amides is 2. The standard InChI is InChI=1S/C17H21F3N2O4/c1-4-15(2)16(3,25)22(14(24)26-15)10-9-13(23)21-12-8-6-5-7-11(12)17(18,19)20/h5-8,25H,4,9-10H2,1-3H3,(H,21,23). The fraction of sp³-hybridized carbons (Fsp3) is 0.529. The van der Waals surface area contributed by atoms with Crippen molar-refractivity contribution < 1.29 is 32.6 Å². The maximum Gasteiger partial charge on any atom is 0.418 e. The fourth-order valence-electron chi connectivity index (χ4n) is 2.79. The van der Waals surface area contributed by atoms with Gasteiger partial charge in [-0.3, -0.25) is 9.69 Å². The fourth-order valence-corrected chi connectivity index (χ4v) is 2.79. The van der Waals surface area contributed by atoms with E-state index in [9.17, 15) is 27.9 Å². The molecule has 9 heteroatoms. The molecular formula is C17H21F3N2O4. The van der Waals surface area contributed by atoms with Crippen molar-refractivity contribution in [2.24, 2.45) is 0 Å². The predicted molar refractivity (Wildman–Crippen MR) is 87.2 cm³/mol. The van der Waals surface area contributed by atoms with Crippen LogP contribution in [-0.2, 0) is 15.7 Å². The molecule has 144 valence electrons. The van der Waals surface area contributed by atoms with Crippen LogP contribution < -0.4 is 5.32 Å². The largest absolute Gasteiger partial charge is 0.438 e. The summed E-state index contributed by atoms with van der Waals surface area (Å²) in [7, 11) is 0. The van der Waals surface area contributed by atoms with Crippen LogP contribution in [0, 0.1) is 0 Å². The number of anilines is 1. The highest BCUT2D eigenvalue weighted by Crippen LogP contribution is 2.39. The quantitative estimate of drug-likeness (QED) is 0.828. The highest BCUT2D eigenvalue weighted by atomic mass is 19.4. The van der Waals surface area contributed by atoms with Crippen molar-refractivity contribution in [3.8, 4) is 0 Å². The maximum atomic E-state index is 13.0. The number of alkyl halides is 3. The summed E-state index contributed by atoms with van der Waals surface area (Å²) >= 11 is 0. The second-order valence-corrected chi connectivity index (χ2v) is 6.47. The van der Waals surface area contributed by atoms with Gasteiger partial charge in [0.25, 0.3) is 0 Å². The molecule has 0 saturated carbocycles. The van der Waals surface area contributed by atoms with Crippen LogP contribution in [0.1, 0.15) is 39.2 Å². The topological polar surface area (TPSA) is 78.9 Å². The third-order valence-corrected chi connectivity index (χ3v) is 4.80. The number of nitrogens with one attached hydrogen (secondary N) is 1. The minimum absolute atomic E-state index is 0.193. The Morgan fingerprint density at radius 3 is 2.46 bits per heavy atom. The lowest BCUT2D eigenvalue weighted by molar-refractivity contribution is -0.139. The normalized spacial score (nSPS) is 26.0. The van der Waals surface area contributed by atoms with E-state index in [4.69, 9.17) is 4.74 Å².